The van der Waals surface area contributed by atoms with Crippen molar-refractivity contribution in [1.29, 1.82) is 0 Å². The maximum atomic E-state index is 13.5. The van der Waals surface area contributed by atoms with Gasteiger partial charge in [-0.3, -0.25) is 14.8 Å². The van der Waals surface area contributed by atoms with Gasteiger partial charge in [-0.25, -0.2) is 4.68 Å². The summed E-state index contributed by atoms with van der Waals surface area (Å²) in [6, 6.07) is 16.9. The van der Waals surface area contributed by atoms with Crippen molar-refractivity contribution in [3.63, 3.8) is 0 Å². The van der Waals surface area contributed by atoms with Crippen molar-refractivity contribution in [2.75, 3.05) is 28.6 Å². The molecule has 2 N–H and O–H groups in total. The lowest BCUT2D eigenvalue weighted by Crippen LogP contribution is -2.32. The molecule has 0 fully saturated rings. The number of carbonyl (C=O) groups is 1. The molecule has 1 atom stereocenters. The maximum Gasteiger partial charge on any atom is 0.255 e. The van der Waals surface area contributed by atoms with Gasteiger partial charge in [0.25, 0.3) is 5.91 Å². The van der Waals surface area contributed by atoms with E-state index in [1.807, 2.05) is 37.3 Å². The molecule has 0 saturated carbocycles. The minimum atomic E-state index is -0.546. The third-order valence-electron chi connectivity index (χ3n) is 6.24. The number of carbonyl (C=O) groups excluding carboxylic acids is 1. The van der Waals surface area contributed by atoms with Crippen LogP contribution >= 0.6 is 0 Å². The van der Waals surface area contributed by atoms with Crippen molar-refractivity contribution in [2.45, 2.75) is 26.8 Å². The number of rotatable bonds is 7. The molecule has 5 rings (SSSR count). The van der Waals surface area contributed by atoms with E-state index in [0.717, 1.165) is 24.3 Å². The minimum absolute atomic E-state index is 0.255. The predicted molar refractivity (Wildman–Crippen MR) is 141 cm³/mol. The van der Waals surface area contributed by atoms with E-state index in [0.29, 0.717) is 34.4 Å². The zero-order valence-electron chi connectivity index (χ0n) is 20.5. The molecule has 4 heterocycles. The van der Waals surface area contributed by atoms with Gasteiger partial charge in [0.05, 0.1) is 23.2 Å². The fourth-order valence-electron chi connectivity index (χ4n) is 4.42. The van der Waals surface area contributed by atoms with E-state index >= 15 is 0 Å². The first-order valence-corrected chi connectivity index (χ1v) is 12.0. The number of nitrogens with zero attached hydrogens (tertiary/aromatic N) is 6. The van der Waals surface area contributed by atoms with Gasteiger partial charge in [0.1, 0.15) is 6.04 Å². The van der Waals surface area contributed by atoms with Crippen LogP contribution in [-0.2, 0) is 4.79 Å². The fourth-order valence-corrected chi connectivity index (χ4v) is 4.42. The van der Waals surface area contributed by atoms with Gasteiger partial charge in [-0.2, -0.15) is 4.98 Å². The zero-order valence-corrected chi connectivity index (χ0v) is 20.5. The number of allylic oxidation sites excluding steroid dienone is 1. The molecule has 4 aromatic rings. The summed E-state index contributed by atoms with van der Waals surface area (Å²) >= 11 is 0. The van der Waals surface area contributed by atoms with Gasteiger partial charge in [-0.1, -0.05) is 6.07 Å². The maximum absolute atomic E-state index is 13.5. The summed E-state index contributed by atoms with van der Waals surface area (Å²) in [7, 11) is 0. The second-order valence-corrected chi connectivity index (χ2v) is 8.44. The SMILES string of the molecule is CCN(CC)c1ccc(-c2nc3n(n2)C(c2ccccn2)C(C(=O)Nc2cccnc2)=C(C)N3)cc1. The van der Waals surface area contributed by atoms with Crippen LogP contribution in [0.5, 0.6) is 0 Å². The lowest BCUT2D eigenvalue weighted by Gasteiger charge is -2.27. The van der Waals surface area contributed by atoms with Crippen molar-refractivity contribution >= 4 is 23.2 Å². The zero-order chi connectivity index (χ0) is 25.1. The number of anilines is 3. The molecule has 36 heavy (non-hydrogen) atoms. The van der Waals surface area contributed by atoms with Crippen LogP contribution in [0.3, 0.4) is 0 Å². The number of hydrogen-bond donors (Lipinski definition) is 2. The number of benzene rings is 1. The van der Waals surface area contributed by atoms with E-state index in [9.17, 15) is 4.79 Å². The number of nitrogens with one attached hydrogen (secondary N) is 2. The summed E-state index contributed by atoms with van der Waals surface area (Å²) in [5.41, 5.74) is 4.57. The van der Waals surface area contributed by atoms with Crippen molar-refractivity contribution in [1.82, 2.24) is 24.7 Å². The number of aromatic nitrogens is 5. The Morgan fingerprint density at radius 2 is 1.86 bits per heavy atom. The second-order valence-electron chi connectivity index (χ2n) is 8.44. The first-order valence-electron chi connectivity index (χ1n) is 12.0. The first-order chi connectivity index (χ1) is 17.6. The van der Waals surface area contributed by atoms with Gasteiger partial charge in [0.15, 0.2) is 5.82 Å². The van der Waals surface area contributed by atoms with Crippen LogP contribution in [0.15, 0.2) is 84.5 Å². The number of amides is 1. The van der Waals surface area contributed by atoms with Crippen LogP contribution in [-0.4, -0.2) is 43.7 Å². The number of hydrogen-bond acceptors (Lipinski definition) is 7. The second kappa shape index (κ2) is 9.99. The van der Waals surface area contributed by atoms with Crippen molar-refractivity contribution in [2.24, 2.45) is 0 Å². The fraction of sp³-hybridized carbons (Fsp3) is 0.222. The Morgan fingerprint density at radius 3 is 2.53 bits per heavy atom. The lowest BCUT2D eigenvalue weighted by molar-refractivity contribution is -0.113. The van der Waals surface area contributed by atoms with Gasteiger partial charge < -0.3 is 15.5 Å². The molecular weight excluding hydrogens is 452 g/mol. The third kappa shape index (κ3) is 4.43. The Balaban J connectivity index is 1.53. The van der Waals surface area contributed by atoms with Gasteiger partial charge in [0.2, 0.25) is 5.95 Å². The summed E-state index contributed by atoms with van der Waals surface area (Å²) in [5, 5.41) is 11.0. The Bertz CT molecular complexity index is 1380. The minimum Gasteiger partial charge on any atom is -0.372 e. The van der Waals surface area contributed by atoms with Crippen LogP contribution in [0.4, 0.5) is 17.3 Å². The molecule has 9 heteroatoms. The molecule has 3 aromatic heterocycles. The molecule has 1 aliphatic rings. The van der Waals surface area contributed by atoms with E-state index in [1.54, 1.807) is 35.4 Å². The lowest BCUT2D eigenvalue weighted by atomic mass is 9.98. The highest BCUT2D eigenvalue weighted by molar-refractivity contribution is 6.05. The highest BCUT2D eigenvalue weighted by Crippen LogP contribution is 2.36. The smallest absolute Gasteiger partial charge is 0.255 e. The summed E-state index contributed by atoms with van der Waals surface area (Å²) in [6.07, 6.45) is 4.99. The van der Waals surface area contributed by atoms with Gasteiger partial charge >= 0.3 is 0 Å². The normalized spacial score (nSPS) is 14.7. The summed E-state index contributed by atoms with van der Waals surface area (Å²) < 4.78 is 1.74. The Labute approximate surface area is 209 Å². The van der Waals surface area contributed by atoms with Gasteiger partial charge in [-0.05, 0) is 69.3 Å². The third-order valence-corrected chi connectivity index (χ3v) is 6.24. The van der Waals surface area contributed by atoms with Crippen LogP contribution in [0, 0.1) is 0 Å². The average molecular weight is 481 g/mol. The van der Waals surface area contributed by atoms with E-state index in [4.69, 9.17) is 10.1 Å². The highest BCUT2D eigenvalue weighted by atomic mass is 16.1. The van der Waals surface area contributed by atoms with E-state index < -0.39 is 6.04 Å². The molecule has 1 aromatic carbocycles. The van der Waals surface area contributed by atoms with Gasteiger partial charge in [-0.15, -0.1) is 5.10 Å². The monoisotopic (exact) mass is 480 g/mol. The van der Waals surface area contributed by atoms with Crippen molar-refractivity contribution in [3.05, 3.63) is 90.2 Å². The highest BCUT2D eigenvalue weighted by Gasteiger charge is 2.35. The molecule has 182 valence electrons. The standard InChI is InChI=1S/C27H28N8O/c1-4-34(5-2)21-13-11-19(12-14-21)25-32-27-30-18(3)23(26(36)31-20-9-8-15-28-17-20)24(35(27)33-25)22-10-6-7-16-29-22/h6-17,24H,4-5H2,1-3H3,(H,31,36)(H,30,32,33). The summed E-state index contributed by atoms with van der Waals surface area (Å²) in [4.78, 5) is 29.2. The topological polar surface area (TPSA) is 101 Å². The summed E-state index contributed by atoms with van der Waals surface area (Å²) in [6.45, 7) is 8.03. The van der Waals surface area contributed by atoms with E-state index in [-0.39, 0.29) is 5.91 Å². The first kappa shape index (κ1) is 23.2. The van der Waals surface area contributed by atoms with Crippen molar-refractivity contribution in [3.8, 4) is 11.4 Å². The predicted octanol–water partition coefficient (Wildman–Crippen LogP) is 4.51. The molecular formula is C27H28N8O. The summed E-state index contributed by atoms with van der Waals surface area (Å²) in [5.74, 6) is 0.880. The van der Waals surface area contributed by atoms with Crippen LogP contribution < -0.4 is 15.5 Å². The van der Waals surface area contributed by atoms with Gasteiger partial charge in [0, 0.05) is 42.4 Å². The molecule has 0 spiro atoms. The molecule has 9 nitrogen and oxygen atoms in total. The molecule has 1 aliphatic heterocycles. The Morgan fingerprint density at radius 1 is 1.06 bits per heavy atom. The molecule has 0 radical (unpaired) electrons. The van der Waals surface area contributed by atoms with E-state index in [2.05, 4.69) is 51.5 Å². The number of pyridine rings is 2. The average Bonchev–Trinajstić information content (AvgIpc) is 3.33. The number of fused-ring (bicyclic) bond motifs is 1. The van der Waals surface area contributed by atoms with Crippen LogP contribution in [0.2, 0.25) is 0 Å². The van der Waals surface area contributed by atoms with E-state index in [1.165, 1.54) is 0 Å². The Kier molecular flexibility index (Phi) is 6.44. The molecule has 1 unspecified atom stereocenters. The van der Waals surface area contributed by atoms with Crippen LogP contribution in [0.1, 0.15) is 32.5 Å². The molecule has 0 saturated heterocycles. The molecule has 1 amide bonds. The van der Waals surface area contributed by atoms with Crippen molar-refractivity contribution < 1.29 is 4.79 Å². The van der Waals surface area contributed by atoms with Crippen LogP contribution in [0.25, 0.3) is 11.4 Å². The quantitative estimate of drug-likeness (QED) is 0.401. The molecule has 0 bridgehead atoms. The Hall–Kier alpha value is -4.53. The largest absolute Gasteiger partial charge is 0.372 e. The molecule has 0 aliphatic carbocycles.